The summed E-state index contributed by atoms with van der Waals surface area (Å²) in [5, 5.41) is 3.56. The van der Waals surface area contributed by atoms with E-state index in [0.717, 1.165) is 18.2 Å². The first kappa shape index (κ1) is 32.4. The standard InChI is InChI=1S/C30H27ClF4N2O7/c1-17-27(21-10-9-20(13-24(21)32)43-18-5-7-19(8-6-18)44-30(33,34)35)28(41-16-42-29(38)40-12-4-11-36-2)22-14-23(31)26(39-3)15-25(22)37-17/h5-10,13-15,36H,4,11-12,16H2,1-3H3. The highest BCUT2D eigenvalue weighted by Crippen LogP contribution is 2.43. The summed E-state index contributed by atoms with van der Waals surface area (Å²) in [5.74, 6) is -0.440. The SMILES string of the molecule is CNCCCOC(=O)OCOc1c(-c2ccc(Oc3ccc(OC(F)(F)F)cc3)cc2F)c(C)nc2cc(OC)c(Cl)cc12. The Labute approximate surface area is 254 Å². The molecule has 0 aliphatic carbocycles. The molecule has 0 bridgehead atoms. The number of methoxy groups -OCH3 is 1. The summed E-state index contributed by atoms with van der Waals surface area (Å²) in [7, 11) is 3.22. The number of fused-ring (bicyclic) bond motifs is 1. The number of ether oxygens (including phenoxy) is 6. The number of carbonyl (C=O) groups is 1. The van der Waals surface area contributed by atoms with Crippen molar-refractivity contribution in [2.45, 2.75) is 19.7 Å². The van der Waals surface area contributed by atoms with Crippen LogP contribution in [0, 0.1) is 12.7 Å². The second kappa shape index (κ2) is 14.3. The van der Waals surface area contributed by atoms with Gasteiger partial charge in [0.25, 0.3) is 0 Å². The second-order valence-electron chi connectivity index (χ2n) is 9.13. The van der Waals surface area contributed by atoms with Gasteiger partial charge in [-0.25, -0.2) is 9.18 Å². The van der Waals surface area contributed by atoms with Crippen molar-refractivity contribution in [1.82, 2.24) is 10.3 Å². The lowest BCUT2D eigenvalue weighted by molar-refractivity contribution is -0.274. The topological polar surface area (TPSA) is 97.4 Å². The summed E-state index contributed by atoms with van der Waals surface area (Å²) < 4.78 is 83.6. The third-order valence-corrected chi connectivity index (χ3v) is 6.36. The zero-order chi connectivity index (χ0) is 31.9. The second-order valence-corrected chi connectivity index (χ2v) is 9.54. The van der Waals surface area contributed by atoms with Gasteiger partial charge in [0.15, 0.2) is 0 Å². The van der Waals surface area contributed by atoms with Crippen molar-refractivity contribution in [3.05, 3.63) is 71.1 Å². The zero-order valence-corrected chi connectivity index (χ0v) is 24.5. The number of halogens is 5. The van der Waals surface area contributed by atoms with Crippen LogP contribution in [0.2, 0.25) is 5.02 Å². The van der Waals surface area contributed by atoms with E-state index in [4.69, 9.17) is 35.3 Å². The van der Waals surface area contributed by atoms with Gasteiger partial charge in [-0.2, -0.15) is 0 Å². The quantitative estimate of drug-likeness (QED) is 0.0721. The van der Waals surface area contributed by atoms with Crippen LogP contribution < -0.4 is 24.3 Å². The van der Waals surface area contributed by atoms with Crippen molar-refractivity contribution < 1.29 is 50.8 Å². The molecule has 14 heteroatoms. The average Bonchev–Trinajstić information content (AvgIpc) is 2.96. The highest BCUT2D eigenvalue weighted by atomic mass is 35.5. The fourth-order valence-corrected chi connectivity index (χ4v) is 4.41. The molecule has 0 amide bonds. The first-order valence-corrected chi connectivity index (χ1v) is 13.4. The number of aryl methyl sites for hydroxylation is 1. The van der Waals surface area contributed by atoms with E-state index in [1.54, 1.807) is 26.1 Å². The third kappa shape index (κ3) is 8.32. The molecule has 0 unspecified atom stereocenters. The number of hydrogen-bond donors (Lipinski definition) is 1. The zero-order valence-electron chi connectivity index (χ0n) is 23.7. The number of benzene rings is 3. The van der Waals surface area contributed by atoms with E-state index in [0.29, 0.717) is 35.3 Å². The van der Waals surface area contributed by atoms with Gasteiger partial charge < -0.3 is 33.7 Å². The third-order valence-electron chi connectivity index (χ3n) is 6.07. The Hall–Kier alpha value is -4.49. The van der Waals surface area contributed by atoms with Gasteiger partial charge in [-0.15, -0.1) is 13.2 Å². The van der Waals surface area contributed by atoms with Crippen LogP contribution >= 0.6 is 11.6 Å². The van der Waals surface area contributed by atoms with Gasteiger partial charge in [0, 0.05) is 34.3 Å². The van der Waals surface area contributed by atoms with Crippen LogP contribution in [0.5, 0.6) is 28.7 Å². The van der Waals surface area contributed by atoms with E-state index in [1.165, 1.54) is 31.4 Å². The lowest BCUT2D eigenvalue weighted by Crippen LogP contribution is -2.16. The number of rotatable bonds is 12. The number of aromatic nitrogens is 1. The molecule has 0 spiro atoms. The van der Waals surface area contributed by atoms with Gasteiger partial charge in [-0.05, 0) is 69.4 Å². The minimum atomic E-state index is -4.83. The van der Waals surface area contributed by atoms with Crippen LogP contribution in [-0.2, 0) is 9.47 Å². The van der Waals surface area contributed by atoms with Crippen molar-refractivity contribution in [1.29, 1.82) is 0 Å². The average molecular weight is 639 g/mol. The normalized spacial score (nSPS) is 11.3. The maximum absolute atomic E-state index is 15.6. The molecule has 234 valence electrons. The molecule has 0 fully saturated rings. The molecule has 0 saturated heterocycles. The molecule has 3 aromatic carbocycles. The summed E-state index contributed by atoms with van der Waals surface area (Å²) >= 11 is 6.38. The van der Waals surface area contributed by atoms with Gasteiger partial charge in [-0.3, -0.25) is 4.98 Å². The van der Waals surface area contributed by atoms with Crippen molar-refractivity contribution in [2.24, 2.45) is 0 Å². The summed E-state index contributed by atoms with van der Waals surface area (Å²) in [6.07, 6.45) is -5.19. The number of nitrogens with one attached hydrogen (secondary N) is 1. The highest BCUT2D eigenvalue weighted by molar-refractivity contribution is 6.33. The molecule has 4 aromatic rings. The molecule has 44 heavy (non-hydrogen) atoms. The fraction of sp³-hybridized carbons (Fsp3) is 0.267. The molecular weight excluding hydrogens is 612 g/mol. The molecule has 1 heterocycles. The monoisotopic (exact) mass is 638 g/mol. The molecule has 0 aliphatic heterocycles. The molecule has 1 aromatic heterocycles. The Morgan fingerprint density at radius 1 is 1.00 bits per heavy atom. The minimum absolute atomic E-state index is 0.0711. The molecule has 0 atom stereocenters. The first-order valence-electron chi connectivity index (χ1n) is 13.1. The lowest BCUT2D eigenvalue weighted by Gasteiger charge is -2.18. The van der Waals surface area contributed by atoms with Crippen molar-refractivity contribution >= 4 is 28.7 Å². The van der Waals surface area contributed by atoms with E-state index in [-0.39, 0.29) is 40.0 Å². The van der Waals surface area contributed by atoms with Crippen LogP contribution in [-0.4, -0.2) is 51.6 Å². The van der Waals surface area contributed by atoms with Crippen molar-refractivity contribution in [2.75, 3.05) is 34.1 Å². The number of hydrogen-bond acceptors (Lipinski definition) is 9. The fourth-order valence-electron chi connectivity index (χ4n) is 4.17. The highest BCUT2D eigenvalue weighted by Gasteiger charge is 2.31. The van der Waals surface area contributed by atoms with Gasteiger partial charge >= 0.3 is 12.5 Å². The Morgan fingerprint density at radius 3 is 2.36 bits per heavy atom. The van der Waals surface area contributed by atoms with Crippen LogP contribution in [0.15, 0.2) is 54.6 Å². The number of alkyl halides is 3. The van der Waals surface area contributed by atoms with E-state index >= 15 is 4.39 Å². The Morgan fingerprint density at radius 2 is 1.70 bits per heavy atom. The Balaban J connectivity index is 1.63. The number of carbonyl (C=O) groups excluding carboxylic acids is 1. The molecule has 9 nitrogen and oxygen atoms in total. The Bertz CT molecular complexity index is 1620. The summed E-state index contributed by atoms with van der Waals surface area (Å²) in [6.45, 7) is 1.88. The summed E-state index contributed by atoms with van der Waals surface area (Å²) in [5.41, 5.74) is 1.13. The molecular formula is C30H27ClF4N2O7. The van der Waals surface area contributed by atoms with E-state index in [9.17, 15) is 18.0 Å². The van der Waals surface area contributed by atoms with Gasteiger partial charge in [0.2, 0.25) is 6.79 Å². The largest absolute Gasteiger partial charge is 0.573 e. The van der Waals surface area contributed by atoms with Crippen LogP contribution in [0.3, 0.4) is 0 Å². The van der Waals surface area contributed by atoms with E-state index in [1.807, 2.05) is 0 Å². The molecule has 0 saturated carbocycles. The molecule has 0 aliphatic rings. The summed E-state index contributed by atoms with van der Waals surface area (Å²) in [4.78, 5) is 16.6. The van der Waals surface area contributed by atoms with E-state index < -0.39 is 30.9 Å². The van der Waals surface area contributed by atoms with Crippen LogP contribution in [0.4, 0.5) is 22.4 Å². The van der Waals surface area contributed by atoms with Crippen molar-refractivity contribution in [3.63, 3.8) is 0 Å². The smallest absolute Gasteiger partial charge is 0.495 e. The maximum Gasteiger partial charge on any atom is 0.573 e. The van der Waals surface area contributed by atoms with E-state index in [2.05, 4.69) is 15.0 Å². The van der Waals surface area contributed by atoms with Gasteiger partial charge in [-0.1, -0.05) is 11.6 Å². The predicted molar refractivity (Wildman–Crippen MR) is 153 cm³/mol. The minimum Gasteiger partial charge on any atom is -0.495 e. The number of pyridine rings is 1. The first-order chi connectivity index (χ1) is 21.0. The lowest BCUT2D eigenvalue weighted by atomic mass is 9.99. The van der Waals surface area contributed by atoms with Crippen LogP contribution in [0.1, 0.15) is 12.1 Å². The number of nitrogens with zero attached hydrogens (tertiary/aromatic N) is 1. The maximum atomic E-state index is 15.6. The van der Waals surface area contributed by atoms with Gasteiger partial charge in [0.1, 0.15) is 34.6 Å². The van der Waals surface area contributed by atoms with Crippen molar-refractivity contribution in [3.8, 4) is 39.9 Å². The molecule has 4 rings (SSSR count). The molecule has 0 radical (unpaired) electrons. The predicted octanol–water partition coefficient (Wildman–Crippen LogP) is 7.80. The molecule has 1 N–H and O–H groups in total. The van der Waals surface area contributed by atoms with Gasteiger partial charge in [0.05, 0.1) is 24.3 Å². The Kier molecular flexibility index (Phi) is 10.6. The summed E-state index contributed by atoms with van der Waals surface area (Å²) in [6, 6.07) is 11.8. The van der Waals surface area contributed by atoms with Crippen LogP contribution in [0.25, 0.3) is 22.0 Å².